The molecule has 0 unspecified atom stereocenters. The molecule has 1 aliphatic heterocycles. The molecule has 1 aromatic rings. The number of rotatable bonds is 5. The lowest BCUT2D eigenvalue weighted by Crippen LogP contribution is -2.47. The number of thioether (sulfide) groups is 1. The molecule has 1 heterocycles. The van der Waals surface area contributed by atoms with Crippen molar-refractivity contribution in [1.29, 1.82) is 0 Å². The van der Waals surface area contributed by atoms with Crippen LogP contribution >= 0.6 is 11.8 Å². The molecule has 0 bridgehead atoms. The van der Waals surface area contributed by atoms with Crippen LogP contribution in [-0.2, 0) is 9.59 Å². The number of hydrogen-bond donors (Lipinski definition) is 1. The fraction of sp³-hybridized carbons (Fsp3) is 0.467. The average Bonchev–Trinajstić information content (AvgIpc) is 2.49. The first kappa shape index (κ1) is 15.9. The SMILES string of the molecule is CN1CCN(C(=O)CSCC(=O)Nc2ccccc2)CC1. The van der Waals surface area contributed by atoms with Crippen LogP contribution < -0.4 is 5.32 Å². The molecule has 0 radical (unpaired) electrons. The highest BCUT2D eigenvalue weighted by Crippen LogP contribution is 2.09. The van der Waals surface area contributed by atoms with E-state index in [0.29, 0.717) is 11.5 Å². The predicted molar refractivity (Wildman–Crippen MR) is 86.5 cm³/mol. The number of hydrogen-bond acceptors (Lipinski definition) is 4. The van der Waals surface area contributed by atoms with Gasteiger partial charge in [0, 0.05) is 31.9 Å². The van der Waals surface area contributed by atoms with Crippen LogP contribution in [0.5, 0.6) is 0 Å². The Bertz CT molecular complexity index is 473. The van der Waals surface area contributed by atoms with Gasteiger partial charge in [-0.25, -0.2) is 0 Å². The second kappa shape index (κ2) is 8.05. The molecule has 0 saturated carbocycles. The number of anilines is 1. The summed E-state index contributed by atoms with van der Waals surface area (Å²) in [7, 11) is 2.06. The standard InChI is InChI=1S/C15H21N3O2S/c1-17-7-9-18(10-8-17)15(20)12-21-11-14(19)16-13-5-3-2-4-6-13/h2-6H,7-12H2,1H3,(H,16,19). The van der Waals surface area contributed by atoms with Gasteiger partial charge in [-0.05, 0) is 19.2 Å². The Morgan fingerprint density at radius 2 is 1.76 bits per heavy atom. The highest BCUT2D eigenvalue weighted by atomic mass is 32.2. The number of benzene rings is 1. The van der Waals surface area contributed by atoms with E-state index in [1.54, 1.807) is 0 Å². The summed E-state index contributed by atoms with van der Waals surface area (Å²) in [5.41, 5.74) is 0.786. The molecular weight excluding hydrogens is 286 g/mol. The van der Waals surface area contributed by atoms with E-state index < -0.39 is 0 Å². The monoisotopic (exact) mass is 307 g/mol. The van der Waals surface area contributed by atoms with E-state index in [-0.39, 0.29) is 11.8 Å². The summed E-state index contributed by atoms with van der Waals surface area (Å²) in [6.07, 6.45) is 0. The first-order valence-electron chi connectivity index (χ1n) is 7.04. The molecule has 0 atom stereocenters. The molecule has 1 saturated heterocycles. The van der Waals surface area contributed by atoms with Crippen molar-refractivity contribution in [3.05, 3.63) is 30.3 Å². The van der Waals surface area contributed by atoms with Gasteiger partial charge in [-0.1, -0.05) is 18.2 Å². The van der Waals surface area contributed by atoms with Crippen molar-refractivity contribution in [2.75, 3.05) is 50.0 Å². The van der Waals surface area contributed by atoms with Gasteiger partial charge in [-0.3, -0.25) is 9.59 Å². The second-order valence-electron chi connectivity index (χ2n) is 5.09. The number of piperazine rings is 1. The van der Waals surface area contributed by atoms with Crippen LogP contribution in [0.15, 0.2) is 30.3 Å². The molecule has 114 valence electrons. The molecule has 5 nitrogen and oxygen atoms in total. The Morgan fingerprint density at radius 3 is 2.43 bits per heavy atom. The van der Waals surface area contributed by atoms with E-state index in [4.69, 9.17) is 0 Å². The maximum absolute atomic E-state index is 12.0. The van der Waals surface area contributed by atoms with Gasteiger partial charge in [0.1, 0.15) is 0 Å². The third-order valence-corrected chi connectivity index (χ3v) is 4.29. The van der Waals surface area contributed by atoms with Crippen LogP contribution in [0.25, 0.3) is 0 Å². The van der Waals surface area contributed by atoms with Crippen LogP contribution in [0.3, 0.4) is 0 Å². The molecule has 21 heavy (non-hydrogen) atoms. The molecule has 1 aliphatic rings. The topological polar surface area (TPSA) is 52.7 Å². The molecule has 0 aliphatic carbocycles. The minimum atomic E-state index is -0.0719. The molecule has 0 aromatic heterocycles. The largest absolute Gasteiger partial charge is 0.339 e. The number of carbonyl (C=O) groups is 2. The fourth-order valence-electron chi connectivity index (χ4n) is 2.10. The fourth-order valence-corrected chi connectivity index (χ4v) is 2.81. The summed E-state index contributed by atoms with van der Waals surface area (Å²) in [6, 6.07) is 9.34. The molecular formula is C15H21N3O2S. The summed E-state index contributed by atoms with van der Waals surface area (Å²) in [6.45, 7) is 3.41. The van der Waals surface area contributed by atoms with Gasteiger partial charge in [0.15, 0.2) is 0 Å². The smallest absolute Gasteiger partial charge is 0.234 e. The van der Waals surface area contributed by atoms with Gasteiger partial charge in [-0.15, -0.1) is 11.8 Å². The number of carbonyl (C=O) groups excluding carboxylic acids is 2. The lowest BCUT2D eigenvalue weighted by molar-refractivity contribution is -0.129. The minimum Gasteiger partial charge on any atom is -0.339 e. The second-order valence-corrected chi connectivity index (χ2v) is 6.08. The van der Waals surface area contributed by atoms with Crippen molar-refractivity contribution in [3.63, 3.8) is 0 Å². The highest BCUT2D eigenvalue weighted by Gasteiger charge is 2.18. The van der Waals surface area contributed by atoms with Crippen LogP contribution in [-0.4, -0.2) is 66.3 Å². The lowest BCUT2D eigenvalue weighted by atomic mass is 10.3. The number of amides is 2. The van der Waals surface area contributed by atoms with Gasteiger partial charge in [0.25, 0.3) is 0 Å². The summed E-state index contributed by atoms with van der Waals surface area (Å²) < 4.78 is 0. The molecule has 2 amide bonds. The third kappa shape index (κ3) is 5.40. The van der Waals surface area contributed by atoms with E-state index in [0.717, 1.165) is 31.9 Å². The van der Waals surface area contributed by atoms with Crippen molar-refractivity contribution < 1.29 is 9.59 Å². The molecule has 1 N–H and O–H groups in total. The van der Waals surface area contributed by atoms with Crippen molar-refractivity contribution >= 4 is 29.3 Å². The number of nitrogens with one attached hydrogen (secondary N) is 1. The third-order valence-electron chi connectivity index (χ3n) is 3.37. The van der Waals surface area contributed by atoms with Crippen molar-refractivity contribution in [2.45, 2.75) is 0 Å². The van der Waals surface area contributed by atoms with Gasteiger partial charge in [-0.2, -0.15) is 0 Å². The number of para-hydroxylation sites is 1. The van der Waals surface area contributed by atoms with Gasteiger partial charge >= 0.3 is 0 Å². The van der Waals surface area contributed by atoms with Crippen molar-refractivity contribution in [2.24, 2.45) is 0 Å². The summed E-state index contributed by atoms with van der Waals surface area (Å²) in [4.78, 5) is 27.8. The first-order valence-corrected chi connectivity index (χ1v) is 8.19. The average molecular weight is 307 g/mol. The zero-order valence-electron chi connectivity index (χ0n) is 12.2. The van der Waals surface area contributed by atoms with Crippen LogP contribution in [0.2, 0.25) is 0 Å². The molecule has 2 rings (SSSR count). The molecule has 6 heteroatoms. The number of nitrogens with zero attached hydrogens (tertiary/aromatic N) is 2. The quantitative estimate of drug-likeness (QED) is 0.886. The normalized spacial score (nSPS) is 15.8. The first-order chi connectivity index (χ1) is 10.1. The van der Waals surface area contributed by atoms with Gasteiger partial charge in [0.05, 0.1) is 11.5 Å². The van der Waals surface area contributed by atoms with E-state index in [1.165, 1.54) is 11.8 Å². The van der Waals surface area contributed by atoms with Gasteiger partial charge in [0.2, 0.25) is 11.8 Å². The Labute approximate surface area is 129 Å². The summed E-state index contributed by atoms with van der Waals surface area (Å²) >= 11 is 1.37. The highest BCUT2D eigenvalue weighted by molar-refractivity contribution is 8.00. The Morgan fingerprint density at radius 1 is 1.10 bits per heavy atom. The number of likely N-dealkylation sites (N-methyl/N-ethyl adjacent to an activating group) is 1. The molecule has 1 fully saturated rings. The van der Waals surface area contributed by atoms with Crippen LogP contribution in [0.4, 0.5) is 5.69 Å². The predicted octanol–water partition coefficient (Wildman–Crippen LogP) is 1.13. The van der Waals surface area contributed by atoms with Crippen molar-refractivity contribution in [1.82, 2.24) is 9.80 Å². The molecule has 1 aromatic carbocycles. The Balaban J connectivity index is 1.64. The minimum absolute atomic E-state index is 0.0719. The van der Waals surface area contributed by atoms with E-state index in [9.17, 15) is 9.59 Å². The Kier molecular flexibility index (Phi) is 6.07. The maximum Gasteiger partial charge on any atom is 0.234 e. The van der Waals surface area contributed by atoms with Crippen LogP contribution in [0.1, 0.15) is 0 Å². The van der Waals surface area contributed by atoms with E-state index in [2.05, 4.69) is 17.3 Å². The van der Waals surface area contributed by atoms with Crippen molar-refractivity contribution in [3.8, 4) is 0 Å². The zero-order chi connectivity index (χ0) is 15.1. The summed E-state index contributed by atoms with van der Waals surface area (Å²) in [5.74, 6) is 0.721. The van der Waals surface area contributed by atoms with Gasteiger partial charge < -0.3 is 15.1 Å². The van der Waals surface area contributed by atoms with Crippen LogP contribution in [0, 0.1) is 0 Å². The molecule has 0 spiro atoms. The Hall–Kier alpha value is -1.53. The zero-order valence-corrected chi connectivity index (χ0v) is 13.1. The maximum atomic E-state index is 12.0. The lowest BCUT2D eigenvalue weighted by Gasteiger charge is -2.32. The van der Waals surface area contributed by atoms with E-state index in [1.807, 2.05) is 35.2 Å². The summed E-state index contributed by atoms with van der Waals surface area (Å²) in [5, 5.41) is 2.81. The van der Waals surface area contributed by atoms with E-state index >= 15 is 0 Å².